The Labute approximate surface area is 192 Å². The number of benzene rings is 2. The summed E-state index contributed by atoms with van der Waals surface area (Å²) in [5.41, 5.74) is 9.78. The molecule has 10 heteroatoms. The van der Waals surface area contributed by atoms with E-state index < -0.39 is 11.7 Å². The summed E-state index contributed by atoms with van der Waals surface area (Å²) in [6, 6.07) is 9.81. The fourth-order valence-electron chi connectivity index (χ4n) is 4.36. The molecular formula is C24H19FN6O3. The second kappa shape index (κ2) is 7.27. The van der Waals surface area contributed by atoms with E-state index in [1.54, 1.807) is 24.0 Å². The van der Waals surface area contributed by atoms with Crippen LogP contribution in [0.4, 0.5) is 10.2 Å². The average Bonchev–Trinajstić information content (AvgIpc) is 3.57. The molecule has 0 spiro atoms. The number of rotatable bonds is 3. The summed E-state index contributed by atoms with van der Waals surface area (Å²) in [5, 5.41) is 3.92. The van der Waals surface area contributed by atoms with Crippen molar-refractivity contribution in [3.05, 3.63) is 71.6 Å². The van der Waals surface area contributed by atoms with E-state index in [4.69, 9.17) is 15.0 Å². The highest BCUT2D eigenvalue weighted by Gasteiger charge is 2.32. The minimum Gasteiger partial charge on any atom is -0.491 e. The highest BCUT2D eigenvalue weighted by molar-refractivity contribution is 5.98. The van der Waals surface area contributed by atoms with Gasteiger partial charge < -0.3 is 19.9 Å². The smallest absolute Gasteiger partial charge is 0.257 e. The summed E-state index contributed by atoms with van der Waals surface area (Å²) in [6.45, 7) is 2.11. The van der Waals surface area contributed by atoms with Gasteiger partial charge in [-0.1, -0.05) is 17.3 Å². The number of carbonyl (C=O) groups excluding carboxylic acids is 1. The van der Waals surface area contributed by atoms with Gasteiger partial charge in [0.25, 0.3) is 5.91 Å². The molecule has 9 nitrogen and oxygen atoms in total. The molecule has 170 valence electrons. The van der Waals surface area contributed by atoms with Gasteiger partial charge in [0.1, 0.15) is 29.5 Å². The third-order valence-corrected chi connectivity index (χ3v) is 6.17. The second-order valence-electron chi connectivity index (χ2n) is 8.29. The van der Waals surface area contributed by atoms with Gasteiger partial charge in [0, 0.05) is 30.3 Å². The molecule has 0 radical (unpaired) electrons. The summed E-state index contributed by atoms with van der Waals surface area (Å²) < 4.78 is 27.9. The second-order valence-corrected chi connectivity index (χ2v) is 8.29. The van der Waals surface area contributed by atoms with Crippen LogP contribution in [0, 0.1) is 12.7 Å². The minimum absolute atomic E-state index is 0.0706. The number of hydrogen-bond acceptors (Lipinski definition) is 7. The number of nitrogens with zero attached hydrogens (tertiary/aromatic N) is 5. The number of likely N-dealkylation sites (N-methyl/N-ethyl adjacent to an activating group) is 1. The minimum atomic E-state index is -0.675. The molecule has 1 aliphatic heterocycles. The largest absolute Gasteiger partial charge is 0.491 e. The molecule has 1 atom stereocenters. The molecule has 4 heterocycles. The van der Waals surface area contributed by atoms with Gasteiger partial charge in [-0.15, -0.1) is 0 Å². The number of ether oxygens (including phenoxy) is 1. The maximum absolute atomic E-state index is 15.0. The maximum atomic E-state index is 15.0. The molecule has 0 bridgehead atoms. The highest BCUT2D eigenvalue weighted by Crippen LogP contribution is 2.39. The maximum Gasteiger partial charge on any atom is 0.257 e. The SMILES string of the molecule is Cc1cc(-c2ccc3c(c2)OC[C@H]3N(C)C(=O)c2cc3c(cc2F)nc(N)c2cncn23)on1. The first-order chi connectivity index (χ1) is 16.4. The molecule has 0 saturated heterocycles. The summed E-state index contributed by atoms with van der Waals surface area (Å²) in [4.78, 5) is 23.2. The normalized spacial score (nSPS) is 15.0. The third kappa shape index (κ3) is 2.99. The number of fused-ring (bicyclic) bond motifs is 4. The molecule has 2 aromatic carbocycles. The van der Waals surface area contributed by atoms with Crippen LogP contribution in [-0.4, -0.2) is 44.0 Å². The summed E-state index contributed by atoms with van der Waals surface area (Å²) >= 11 is 0. The number of amides is 1. The molecule has 0 unspecified atom stereocenters. The van der Waals surface area contributed by atoms with E-state index in [0.29, 0.717) is 28.1 Å². The van der Waals surface area contributed by atoms with Crippen LogP contribution in [0.25, 0.3) is 27.9 Å². The van der Waals surface area contributed by atoms with E-state index in [1.807, 2.05) is 31.2 Å². The van der Waals surface area contributed by atoms with Crippen LogP contribution in [0.5, 0.6) is 5.75 Å². The molecule has 6 rings (SSSR count). The predicted molar refractivity (Wildman–Crippen MR) is 122 cm³/mol. The van der Waals surface area contributed by atoms with Gasteiger partial charge in [0.2, 0.25) is 0 Å². The number of carbonyl (C=O) groups is 1. The Bertz CT molecular complexity index is 1610. The molecular weight excluding hydrogens is 439 g/mol. The third-order valence-electron chi connectivity index (χ3n) is 6.17. The van der Waals surface area contributed by atoms with Gasteiger partial charge in [-0.3, -0.25) is 9.20 Å². The molecule has 5 aromatic rings. The van der Waals surface area contributed by atoms with Crippen molar-refractivity contribution in [1.82, 2.24) is 24.4 Å². The van der Waals surface area contributed by atoms with E-state index in [2.05, 4.69) is 15.1 Å². The number of aromatic nitrogens is 4. The van der Waals surface area contributed by atoms with Gasteiger partial charge in [0.15, 0.2) is 5.76 Å². The van der Waals surface area contributed by atoms with Crippen LogP contribution in [0.1, 0.15) is 27.7 Å². The van der Waals surface area contributed by atoms with Crippen molar-refractivity contribution in [2.75, 3.05) is 19.4 Å². The number of nitrogens with two attached hydrogens (primary N) is 1. The lowest BCUT2D eigenvalue weighted by Crippen LogP contribution is -2.32. The summed E-state index contributed by atoms with van der Waals surface area (Å²) in [6.07, 6.45) is 3.13. The average molecular weight is 458 g/mol. The molecule has 0 aliphatic carbocycles. The molecule has 1 aliphatic rings. The van der Waals surface area contributed by atoms with Crippen molar-refractivity contribution in [2.24, 2.45) is 0 Å². The Morgan fingerprint density at radius 2 is 2.09 bits per heavy atom. The molecule has 3 aromatic heterocycles. The number of anilines is 1. The van der Waals surface area contributed by atoms with Crippen molar-refractivity contribution in [1.29, 1.82) is 0 Å². The topological polar surface area (TPSA) is 112 Å². The molecule has 34 heavy (non-hydrogen) atoms. The fraction of sp³-hybridized carbons (Fsp3) is 0.167. The van der Waals surface area contributed by atoms with Crippen LogP contribution in [0.3, 0.4) is 0 Å². The first-order valence-electron chi connectivity index (χ1n) is 10.6. The van der Waals surface area contributed by atoms with Gasteiger partial charge in [0.05, 0.1) is 40.9 Å². The number of hydrogen-bond donors (Lipinski definition) is 1. The zero-order chi connectivity index (χ0) is 23.6. The van der Waals surface area contributed by atoms with Crippen molar-refractivity contribution >= 4 is 28.3 Å². The Morgan fingerprint density at radius 1 is 1.24 bits per heavy atom. The van der Waals surface area contributed by atoms with E-state index in [9.17, 15) is 4.79 Å². The molecule has 0 fully saturated rings. The Hall–Kier alpha value is -4.47. The van der Waals surface area contributed by atoms with Crippen LogP contribution in [0.2, 0.25) is 0 Å². The van der Waals surface area contributed by atoms with Crippen molar-refractivity contribution in [3.63, 3.8) is 0 Å². The summed E-state index contributed by atoms with van der Waals surface area (Å²) in [5.74, 6) is 0.372. The van der Waals surface area contributed by atoms with Crippen LogP contribution in [0.15, 0.2) is 53.4 Å². The van der Waals surface area contributed by atoms with Crippen LogP contribution in [-0.2, 0) is 0 Å². The van der Waals surface area contributed by atoms with E-state index >= 15 is 4.39 Å². The number of imidazole rings is 1. The molecule has 0 saturated carbocycles. The van der Waals surface area contributed by atoms with Crippen molar-refractivity contribution in [3.8, 4) is 17.1 Å². The van der Waals surface area contributed by atoms with E-state index in [1.165, 1.54) is 17.0 Å². The fourth-order valence-corrected chi connectivity index (χ4v) is 4.36. The number of aryl methyl sites for hydroxylation is 1. The number of halogens is 1. The first-order valence-corrected chi connectivity index (χ1v) is 10.6. The highest BCUT2D eigenvalue weighted by atomic mass is 19.1. The Balaban J connectivity index is 1.35. The molecule has 1 amide bonds. The van der Waals surface area contributed by atoms with Gasteiger partial charge in [-0.05, 0) is 19.1 Å². The Kier molecular flexibility index (Phi) is 4.31. The lowest BCUT2D eigenvalue weighted by Gasteiger charge is -2.24. The van der Waals surface area contributed by atoms with Crippen LogP contribution < -0.4 is 10.5 Å². The number of nitrogen functional groups attached to an aromatic ring is 1. The quantitative estimate of drug-likeness (QED) is 0.438. The van der Waals surface area contributed by atoms with Crippen molar-refractivity contribution < 1.29 is 18.4 Å². The van der Waals surface area contributed by atoms with Gasteiger partial charge >= 0.3 is 0 Å². The standard InChI is InChI=1S/C24H19FN6O3/c1-12-5-21(34-29-12)13-3-4-14-20(10-33-22(14)6-13)30(2)24(32)15-7-18-17(8-16(15)25)28-23(26)19-9-27-11-31(18)19/h3-9,11,20H,10H2,1-2H3,(H2,26,28)/t20-/m1/s1. The lowest BCUT2D eigenvalue weighted by molar-refractivity contribution is 0.0704. The lowest BCUT2D eigenvalue weighted by atomic mass is 10.0. The first kappa shape index (κ1) is 20.2. The Morgan fingerprint density at radius 3 is 2.88 bits per heavy atom. The van der Waals surface area contributed by atoms with Gasteiger partial charge in [-0.2, -0.15) is 0 Å². The van der Waals surface area contributed by atoms with Crippen LogP contribution >= 0.6 is 0 Å². The zero-order valence-corrected chi connectivity index (χ0v) is 18.3. The monoisotopic (exact) mass is 458 g/mol. The zero-order valence-electron chi connectivity index (χ0n) is 18.3. The van der Waals surface area contributed by atoms with Gasteiger partial charge in [-0.25, -0.2) is 14.4 Å². The summed E-state index contributed by atoms with van der Waals surface area (Å²) in [7, 11) is 1.64. The van der Waals surface area contributed by atoms with Crippen molar-refractivity contribution in [2.45, 2.75) is 13.0 Å². The van der Waals surface area contributed by atoms with E-state index in [0.717, 1.165) is 16.8 Å². The molecule has 2 N–H and O–H groups in total. The predicted octanol–water partition coefficient (Wildman–Crippen LogP) is 3.77. The van der Waals surface area contributed by atoms with E-state index in [-0.39, 0.29) is 24.0 Å².